The van der Waals surface area contributed by atoms with E-state index in [2.05, 4.69) is 179 Å². The van der Waals surface area contributed by atoms with Gasteiger partial charge in [-0.15, -0.1) is 0 Å². The molecule has 0 saturated heterocycles. The second kappa shape index (κ2) is 65.0. The van der Waals surface area contributed by atoms with Gasteiger partial charge in [0.2, 0.25) is 0 Å². The molecule has 0 aromatic carbocycles. The van der Waals surface area contributed by atoms with Gasteiger partial charge in [0.1, 0.15) is 13.2 Å². The third-order valence-corrected chi connectivity index (χ3v) is 12.4. The van der Waals surface area contributed by atoms with Crippen molar-refractivity contribution in [1.82, 2.24) is 0 Å². The molecule has 0 aromatic rings. The lowest BCUT2D eigenvalue weighted by Gasteiger charge is -2.18. The highest BCUT2D eigenvalue weighted by molar-refractivity contribution is 5.71. The van der Waals surface area contributed by atoms with E-state index >= 15 is 0 Å². The molecule has 1 unspecified atom stereocenters. The number of rotatable bonds is 54. The van der Waals surface area contributed by atoms with Crippen LogP contribution in [0.5, 0.6) is 0 Å². The molecule has 6 heteroatoms. The lowest BCUT2D eigenvalue weighted by atomic mass is 10.1. The smallest absolute Gasteiger partial charge is 0.306 e. The zero-order valence-electron chi connectivity index (χ0n) is 50.3. The number of hydrogen-bond acceptors (Lipinski definition) is 6. The Hall–Kier alpha value is -5.49. The summed E-state index contributed by atoms with van der Waals surface area (Å²) in [4.78, 5) is 38.3. The van der Waals surface area contributed by atoms with Gasteiger partial charge in [-0.25, -0.2) is 0 Å². The molecule has 0 fully saturated rings. The van der Waals surface area contributed by atoms with Gasteiger partial charge < -0.3 is 14.2 Å². The van der Waals surface area contributed by atoms with E-state index in [9.17, 15) is 14.4 Å². The van der Waals surface area contributed by atoms with Gasteiger partial charge in [-0.2, -0.15) is 0 Å². The summed E-state index contributed by atoms with van der Waals surface area (Å²) < 4.78 is 16.8. The molecule has 0 N–H and O–H groups in total. The summed E-state index contributed by atoms with van der Waals surface area (Å²) in [5, 5.41) is 0. The largest absolute Gasteiger partial charge is 0.462 e. The van der Waals surface area contributed by atoms with Crippen LogP contribution in [0.15, 0.2) is 182 Å². The molecule has 0 heterocycles. The Bertz CT molecular complexity index is 1870. The highest BCUT2D eigenvalue weighted by atomic mass is 16.6. The van der Waals surface area contributed by atoms with E-state index < -0.39 is 12.1 Å². The van der Waals surface area contributed by atoms with Crippen molar-refractivity contribution in [3.8, 4) is 0 Å². The van der Waals surface area contributed by atoms with Gasteiger partial charge in [0.15, 0.2) is 6.10 Å². The van der Waals surface area contributed by atoms with Crippen molar-refractivity contribution in [3.63, 3.8) is 0 Å². The lowest BCUT2D eigenvalue weighted by Crippen LogP contribution is -2.30. The monoisotopic (exact) mass is 1080 g/mol. The highest BCUT2D eigenvalue weighted by Crippen LogP contribution is 2.13. The van der Waals surface area contributed by atoms with E-state index in [1.165, 1.54) is 70.6 Å². The van der Waals surface area contributed by atoms with Gasteiger partial charge in [-0.1, -0.05) is 267 Å². The minimum atomic E-state index is -0.865. The SMILES string of the molecule is CC/C=C\C/C=C\C/C=C\C/C=C\C/C=C\C/C=C\CCC(=O)OCC(COC(=O)CCCCCCCCCC/C=C\C/C=C\C/C=C\CCCCCCC)OC(=O)CC/C=C\C/C=C\C/C=C\C/C=C\C/C=C\C/C=C\CC. The van der Waals surface area contributed by atoms with Crippen molar-refractivity contribution in [2.45, 2.75) is 245 Å². The van der Waals surface area contributed by atoms with Crippen LogP contribution in [-0.2, 0) is 28.6 Å². The zero-order chi connectivity index (χ0) is 57.1. The first-order chi connectivity index (χ1) is 39.0. The molecular formula is C73H112O6. The molecule has 0 aliphatic rings. The van der Waals surface area contributed by atoms with E-state index in [4.69, 9.17) is 14.2 Å². The molecular weight excluding hydrogens is 973 g/mol. The topological polar surface area (TPSA) is 78.9 Å². The van der Waals surface area contributed by atoms with Crippen LogP contribution in [0.4, 0.5) is 0 Å². The van der Waals surface area contributed by atoms with Gasteiger partial charge in [0, 0.05) is 19.3 Å². The van der Waals surface area contributed by atoms with E-state index in [-0.39, 0.29) is 38.0 Å². The Morgan fingerprint density at radius 3 is 0.848 bits per heavy atom. The number of carbonyl (C=O) groups is 3. The molecule has 79 heavy (non-hydrogen) atoms. The fraction of sp³-hybridized carbons (Fsp3) is 0.548. The van der Waals surface area contributed by atoms with Crippen LogP contribution < -0.4 is 0 Å². The third-order valence-electron chi connectivity index (χ3n) is 12.4. The number of unbranched alkanes of at least 4 members (excludes halogenated alkanes) is 13. The van der Waals surface area contributed by atoms with Crippen molar-refractivity contribution >= 4 is 17.9 Å². The molecule has 0 aliphatic heterocycles. The minimum Gasteiger partial charge on any atom is -0.462 e. The number of allylic oxidation sites excluding steroid dienone is 30. The summed E-state index contributed by atoms with van der Waals surface area (Å²) in [7, 11) is 0. The summed E-state index contributed by atoms with van der Waals surface area (Å²) in [6, 6.07) is 0. The average molecular weight is 1090 g/mol. The van der Waals surface area contributed by atoms with Crippen LogP contribution in [0.3, 0.4) is 0 Å². The van der Waals surface area contributed by atoms with Crippen LogP contribution in [0, 0.1) is 0 Å². The molecule has 0 amide bonds. The molecule has 0 spiro atoms. The highest BCUT2D eigenvalue weighted by Gasteiger charge is 2.19. The molecule has 0 aliphatic carbocycles. The van der Waals surface area contributed by atoms with Crippen molar-refractivity contribution in [2.75, 3.05) is 13.2 Å². The first-order valence-electron chi connectivity index (χ1n) is 31.3. The van der Waals surface area contributed by atoms with Crippen molar-refractivity contribution in [1.29, 1.82) is 0 Å². The molecule has 440 valence electrons. The molecule has 0 bridgehead atoms. The summed E-state index contributed by atoms with van der Waals surface area (Å²) in [6.07, 6.45) is 97.7. The Morgan fingerprint density at radius 2 is 0.519 bits per heavy atom. The molecule has 0 aromatic heterocycles. The molecule has 1 atom stereocenters. The first kappa shape index (κ1) is 73.5. The van der Waals surface area contributed by atoms with Crippen molar-refractivity contribution in [3.05, 3.63) is 182 Å². The number of esters is 3. The maximum atomic E-state index is 12.9. The van der Waals surface area contributed by atoms with Crippen molar-refractivity contribution in [2.24, 2.45) is 0 Å². The van der Waals surface area contributed by atoms with Crippen LogP contribution in [0.25, 0.3) is 0 Å². The summed E-state index contributed by atoms with van der Waals surface area (Å²) in [5.41, 5.74) is 0. The normalized spacial score (nSPS) is 13.4. The predicted octanol–water partition coefficient (Wildman–Crippen LogP) is 21.7. The van der Waals surface area contributed by atoms with Crippen LogP contribution in [-0.4, -0.2) is 37.2 Å². The Kier molecular flexibility index (Phi) is 60.5. The van der Waals surface area contributed by atoms with E-state index in [1.54, 1.807) is 0 Å². The molecule has 0 saturated carbocycles. The van der Waals surface area contributed by atoms with Gasteiger partial charge >= 0.3 is 17.9 Å². The van der Waals surface area contributed by atoms with Gasteiger partial charge in [-0.3, -0.25) is 14.4 Å². The van der Waals surface area contributed by atoms with Gasteiger partial charge in [0.05, 0.1) is 0 Å². The molecule has 0 rings (SSSR count). The molecule has 0 radical (unpaired) electrons. The van der Waals surface area contributed by atoms with E-state index in [0.717, 1.165) is 116 Å². The average Bonchev–Trinajstić information content (AvgIpc) is 3.45. The second-order valence-electron chi connectivity index (χ2n) is 19.8. The Morgan fingerprint density at radius 1 is 0.266 bits per heavy atom. The number of ether oxygens (including phenoxy) is 3. The van der Waals surface area contributed by atoms with Crippen molar-refractivity contribution < 1.29 is 28.6 Å². The second-order valence-corrected chi connectivity index (χ2v) is 19.8. The first-order valence-corrected chi connectivity index (χ1v) is 31.3. The fourth-order valence-corrected chi connectivity index (χ4v) is 7.79. The van der Waals surface area contributed by atoms with Gasteiger partial charge in [-0.05, 0) is 135 Å². The minimum absolute atomic E-state index is 0.145. The summed E-state index contributed by atoms with van der Waals surface area (Å²) in [6.45, 7) is 6.25. The quantitative estimate of drug-likeness (QED) is 0.0261. The summed E-state index contributed by atoms with van der Waals surface area (Å²) in [5.74, 6) is -1.13. The van der Waals surface area contributed by atoms with E-state index in [1.807, 2.05) is 24.3 Å². The van der Waals surface area contributed by atoms with E-state index in [0.29, 0.717) is 19.3 Å². The predicted molar refractivity (Wildman–Crippen MR) is 343 cm³/mol. The van der Waals surface area contributed by atoms with Crippen LogP contribution in [0.1, 0.15) is 239 Å². The fourth-order valence-electron chi connectivity index (χ4n) is 7.79. The number of hydrogen-bond donors (Lipinski definition) is 0. The standard InChI is InChI=1S/C73H112O6/c1-4-7-10-13-16-19-22-25-28-31-34-35-36-37-40-42-45-48-51-54-57-60-63-66-72(75)78-69-70(79-73(76)67-64-61-58-55-52-49-46-43-39-33-30-27-24-21-18-15-12-9-6-3)68-77-71(74)65-62-59-56-53-50-47-44-41-38-32-29-26-23-20-17-14-11-8-5-2/h8-9,11-12,17-18,20-22,25-27,29-31,34,36-39,41,43,47,49-50,52,56,58-59,61,70H,4-7,10,13-16,19,23-24,28,32-33,35,40,42,44-46,48,51,53-55,57,60,62-69H2,1-3H3/b11-8-,12-9-,20-17-,21-18-,25-22-,29-26-,30-27-,34-31-,37-36-,41-38-,43-39-,50-47-,52-49-,59-56-,61-58-. The lowest BCUT2D eigenvalue weighted by molar-refractivity contribution is -0.166. The summed E-state index contributed by atoms with van der Waals surface area (Å²) >= 11 is 0. The number of carbonyl (C=O) groups excluding carboxylic acids is 3. The zero-order valence-corrected chi connectivity index (χ0v) is 50.3. The Balaban J connectivity index is 4.63. The maximum absolute atomic E-state index is 12.9. The molecule has 6 nitrogen and oxygen atoms in total. The third kappa shape index (κ3) is 63.2. The van der Waals surface area contributed by atoms with Crippen LogP contribution in [0.2, 0.25) is 0 Å². The van der Waals surface area contributed by atoms with Gasteiger partial charge in [0.25, 0.3) is 0 Å². The van der Waals surface area contributed by atoms with Crippen LogP contribution >= 0.6 is 0 Å². The maximum Gasteiger partial charge on any atom is 0.306 e. The Labute approximate surface area is 484 Å².